The third-order valence-electron chi connectivity index (χ3n) is 2.93. The third-order valence-corrected chi connectivity index (χ3v) is 2.93. The van der Waals surface area contributed by atoms with E-state index in [0.717, 1.165) is 5.57 Å². The van der Waals surface area contributed by atoms with Gasteiger partial charge in [-0.1, -0.05) is 78.9 Å². The van der Waals surface area contributed by atoms with Crippen molar-refractivity contribution in [3.8, 4) is 0 Å². The molecular formula is C19H22. The summed E-state index contributed by atoms with van der Waals surface area (Å²) < 4.78 is 0. The van der Waals surface area contributed by atoms with Gasteiger partial charge in [-0.15, -0.1) is 0 Å². The average Bonchev–Trinajstić information content (AvgIpc) is 2.49. The fraction of sp³-hybridized carbons (Fsp3) is 0.158. The summed E-state index contributed by atoms with van der Waals surface area (Å²) in [6, 6.07) is 20.5. The molecule has 0 saturated heterocycles. The minimum absolute atomic E-state index is 1.12. The van der Waals surface area contributed by atoms with Gasteiger partial charge >= 0.3 is 0 Å². The summed E-state index contributed by atoms with van der Waals surface area (Å²) in [6.07, 6.45) is 2.12. The highest BCUT2D eigenvalue weighted by atomic mass is 13.9. The summed E-state index contributed by atoms with van der Waals surface area (Å²) >= 11 is 0. The van der Waals surface area contributed by atoms with E-state index >= 15 is 0 Å². The molecule has 0 aliphatic carbocycles. The first-order valence-corrected chi connectivity index (χ1v) is 6.54. The highest BCUT2D eigenvalue weighted by Crippen LogP contribution is 2.11. The topological polar surface area (TPSA) is 0 Å². The predicted octanol–water partition coefficient (Wildman–Crippen LogP) is 5.83. The van der Waals surface area contributed by atoms with Crippen LogP contribution < -0.4 is 0 Å². The van der Waals surface area contributed by atoms with Gasteiger partial charge in [0, 0.05) is 0 Å². The third kappa shape index (κ3) is 5.39. The quantitative estimate of drug-likeness (QED) is 0.629. The lowest BCUT2D eigenvalue weighted by molar-refractivity contribution is 1.54. The van der Waals surface area contributed by atoms with Gasteiger partial charge in [0.15, 0.2) is 0 Å². The Morgan fingerprint density at radius 1 is 0.789 bits per heavy atom. The molecule has 2 aromatic rings. The van der Waals surface area contributed by atoms with Crippen LogP contribution in [0, 0.1) is 0 Å². The Balaban J connectivity index is 0.000000191. The van der Waals surface area contributed by atoms with Gasteiger partial charge in [-0.3, -0.25) is 0 Å². The molecule has 0 spiro atoms. The second-order valence-corrected chi connectivity index (χ2v) is 4.48. The zero-order valence-corrected chi connectivity index (χ0v) is 12.1. The van der Waals surface area contributed by atoms with Crippen molar-refractivity contribution in [3.63, 3.8) is 0 Å². The molecule has 19 heavy (non-hydrogen) atoms. The monoisotopic (exact) mass is 250 g/mol. The standard InChI is InChI=1S/C10H12.C9H10/c1-3-9(2)10-7-5-4-6-8-10;1-8(2)9-6-4-3-5-7-9/h3-8H,1-2H3;3-7H,1H2,2H3/b9-3-;. The molecule has 98 valence electrons. The minimum atomic E-state index is 1.12. The van der Waals surface area contributed by atoms with Crippen molar-refractivity contribution in [2.24, 2.45) is 0 Å². The smallest absolute Gasteiger partial charge is 0.0231 e. The first kappa shape index (κ1) is 15.0. The maximum absolute atomic E-state index is 3.83. The molecule has 0 heteroatoms. The van der Waals surface area contributed by atoms with Gasteiger partial charge in [-0.05, 0) is 37.5 Å². The Hall–Kier alpha value is -2.08. The van der Waals surface area contributed by atoms with Crippen molar-refractivity contribution in [3.05, 3.63) is 84.4 Å². The lowest BCUT2D eigenvalue weighted by Gasteiger charge is -1.97. The highest BCUT2D eigenvalue weighted by Gasteiger charge is 1.88. The van der Waals surface area contributed by atoms with E-state index in [2.05, 4.69) is 62.9 Å². The molecule has 0 N–H and O–H groups in total. The van der Waals surface area contributed by atoms with Gasteiger partial charge < -0.3 is 0 Å². The Labute approximate surface area is 117 Å². The Morgan fingerprint density at radius 2 is 1.21 bits per heavy atom. The van der Waals surface area contributed by atoms with Gasteiger partial charge in [0.2, 0.25) is 0 Å². The maximum atomic E-state index is 3.83. The average molecular weight is 250 g/mol. The van der Waals surface area contributed by atoms with Crippen LogP contribution in [-0.4, -0.2) is 0 Å². The molecule has 0 aromatic heterocycles. The largest absolute Gasteiger partial charge is 0.0955 e. The fourth-order valence-electron chi connectivity index (χ4n) is 1.59. The Bertz CT molecular complexity index is 518. The van der Waals surface area contributed by atoms with E-state index in [0.29, 0.717) is 0 Å². The lowest BCUT2D eigenvalue weighted by atomic mass is 10.1. The number of benzene rings is 2. The van der Waals surface area contributed by atoms with Crippen molar-refractivity contribution in [2.75, 3.05) is 0 Å². The molecule has 0 heterocycles. The molecular weight excluding hydrogens is 228 g/mol. The van der Waals surface area contributed by atoms with E-state index in [-0.39, 0.29) is 0 Å². The normalized spacial score (nSPS) is 10.4. The van der Waals surface area contributed by atoms with Gasteiger partial charge in [0.05, 0.1) is 0 Å². The predicted molar refractivity (Wildman–Crippen MR) is 86.9 cm³/mol. The zero-order chi connectivity index (χ0) is 14.1. The fourth-order valence-corrected chi connectivity index (χ4v) is 1.59. The van der Waals surface area contributed by atoms with Crippen molar-refractivity contribution in [2.45, 2.75) is 20.8 Å². The summed E-state index contributed by atoms with van der Waals surface area (Å²) in [5.74, 6) is 0. The van der Waals surface area contributed by atoms with Crippen LogP contribution in [0.2, 0.25) is 0 Å². The van der Waals surface area contributed by atoms with E-state index in [1.54, 1.807) is 0 Å². The Kier molecular flexibility index (Phi) is 6.38. The SMILES string of the molecule is C/C=C(/C)c1ccccc1.C=C(C)c1ccccc1. The van der Waals surface area contributed by atoms with Gasteiger partial charge in [-0.2, -0.15) is 0 Å². The van der Waals surface area contributed by atoms with E-state index < -0.39 is 0 Å². The van der Waals surface area contributed by atoms with Crippen molar-refractivity contribution >= 4 is 11.1 Å². The zero-order valence-electron chi connectivity index (χ0n) is 12.1. The second-order valence-electron chi connectivity index (χ2n) is 4.48. The van der Waals surface area contributed by atoms with Crippen LogP contribution in [-0.2, 0) is 0 Å². The van der Waals surface area contributed by atoms with Gasteiger partial charge in [0.25, 0.3) is 0 Å². The van der Waals surface area contributed by atoms with E-state index in [1.807, 2.05) is 31.2 Å². The van der Waals surface area contributed by atoms with Crippen LogP contribution in [0.4, 0.5) is 0 Å². The molecule has 0 fully saturated rings. The van der Waals surface area contributed by atoms with Crippen LogP contribution in [0.15, 0.2) is 73.3 Å². The molecule has 0 nitrogen and oxygen atoms in total. The maximum Gasteiger partial charge on any atom is -0.0231 e. The first-order chi connectivity index (χ1) is 9.15. The number of hydrogen-bond donors (Lipinski definition) is 0. The number of hydrogen-bond acceptors (Lipinski definition) is 0. The molecule has 0 atom stereocenters. The van der Waals surface area contributed by atoms with E-state index in [4.69, 9.17) is 0 Å². The molecule has 2 rings (SSSR count). The summed E-state index contributed by atoms with van der Waals surface area (Å²) in [7, 11) is 0. The molecule has 2 aromatic carbocycles. The van der Waals surface area contributed by atoms with Crippen LogP contribution in [0.3, 0.4) is 0 Å². The van der Waals surface area contributed by atoms with Crippen molar-refractivity contribution in [1.82, 2.24) is 0 Å². The molecule has 0 aliphatic heterocycles. The van der Waals surface area contributed by atoms with E-state index in [1.165, 1.54) is 16.7 Å². The summed E-state index contributed by atoms with van der Waals surface area (Å²) in [4.78, 5) is 0. The van der Waals surface area contributed by atoms with Gasteiger partial charge in [0.1, 0.15) is 0 Å². The first-order valence-electron chi connectivity index (χ1n) is 6.54. The van der Waals surface area contributed by atoms with Crippen LogP contribution in [0.5, 0.6) is 0 Å². The minimum Gasteiger partial charge on any atom is -0.0955 e. The second kappa shape index (κ2) is 8.10. The molecule has 0 aliphatic rings. The Morgan fingerprint density at radius 3 is 1.53 bits per heavy atom. The molecule has 0 bridgehead atoms. The molecule has 0 unspecified atom stereocenters. The summed E-state index contributed by atoms with van der Waals surface area (Å²) in [5.41, 5.74) is 4.98. The summed E-state index contributed by atoms with van der Waals surface area (Å²) in [6.45, 7) is 10.0. The van der Waals surface area contributed by atoms with Crippen LogP contribution >= 0.6 is 0 Å². The van der Waals surface area contributed by atoms with Crippen molar-refractivity contribution in [1.29, 1.82) is 0 Å². The van der Waals surface area contributed by atoms with Gasteiger partial charge in [-0.25, -0.2) is 0 Å². The molecule has 0 saturated carbocycles. The van der Waals surface area contributed by atoms with Crippen LogP contribution in [0.25, 0.3) is 11.1 Å². The van der Waals surface area contributed by atoms with E-state index in [9.17, 15) is 0 Å². The van der Waals surface area contributed by atoms with Crippen LogP contribution in [0.1, 0.15) is 31.9 Å². The number of allylic oxidation sites excluding steroid dienone is 3. The lowest BCUT2D eigenvalue weighted by Crippen LogP contribution is -1.75. The molecule has 0 amide bonds. The number of rotatable bonds is 2. The van der Waals surface area contributed by atoms with Crippen molar-refractivity contribution < 1.29 is 0 Å². The summed E-state index contributed by atoms with van der Waals surface area (Å²) in [5, 5.41) is 0. The molecule has 0 radical (unpaired) electrons. The highest BCUT2D eigenvalue weighted by molar-refractivity contribution is 5.63.